The molecule has 0 spiro atoms. The third-order valence-corrected chi connectivity index (χ3v) is 4.04. The fourth-order valence-electron chi connectivity index (χ4n) is 2.01. The SMILES string of the molecule is CN(C(=O)CC1(CN)CCC1)C(C)(C)CO. The van der Waals surface area contributed by atoms with Gasteiger partial charge in [0.1, 0.15) is 0 Å². The Morgan fingerprint density at radius 2 is 2.06 bits per heavy atom. The Bertz CT molecular complexity index is 254. The summed E-state index contributed by atoms with van der Waals surface area (Å²) in [6, 6.07) is 0. The number of nitrogens with two attached hydrogens (primary N) is 1. The molecule has 0 bridgehead atoms. The van der Waals surface area contributed by atoms with Crippen molar-refractivity contribution in [2.24, 2.45) is 11.1 Å². The van der Waals surface area contributed by atoms with Crippen LogP contribution >= 0.6 is 0 Å². The van der Waals surface area contributed by atoms with Crippen molar-refractivity contribution in [2.75, 3.05) is 20.2 Å². The van der Waals surface area contributed by atoms with Gasteiger partial charge in [-0.3, -0.25) is 4.79 Å². The fourth-order valence-corrected chi connectivity index (χ4v) is 2.01. The molecule has 0 saturated heterocycles. The number of hydrogen-bond acceptors (Lipinski definition) is 3. The number of aliphatic hydroxyl groups excluding tert-OH is 1. The average molecular weight is 228 g/mol. The quantitative estimate of drug-likeness (QED) is 0.729. The summed E-state index contributed by atoms with van der Waals surface area (Å²) in [5, 5.41) is 9.22. The first kappa shape index (κ1) is 13.5. The number of amides is 1. The van der Waals surface area contributed by atoms with E-state index in [2.05, 4.69) is 0 Å². The van der Waals surface area contributed by atoms with Crippen LogP contribution in [0.5, 0.6) is 0 Å². The fraction of sp³-hybridized carbons (Fsp3) is 0.917. The number of carbonyl (C=O) groups is 1. The van der Waals surface area contributed by atoms with E-state index in [-0.39, 0.29) is 17.9 Å². The van der Waals surface area contributed by atoms with Crippen LogP contribution < -0.4 is 5.73 Å². The van der Waals surface area contributed by atoms with Crippen molar-refractivity contribution in [3.05, 3.63) is 0 Å². The van der Waals surface area contributed by atoms with Gasteiger partial charge < -0.3 is 15.7 Å². The molecule has 1 aliphatic rings. The van der Waals surface area contributed by atoms with Crippen molar-refractivity contribution in [2.45, 2.75) is 45.1 Å². The van der Waals surface area contributed by atoms with E-state index in [0.29, 0.717) is 13.0 Å². The van der Waals surface area contributed by atoms with Gasteiger partial charge in [0.2, 0.25) is 5.91 Å². The highest BCUT2D eigenvalue weighted by Gasteiger charge is 2.39. The monoisotopic (exact) mass is 228 g/mol. The first-order valence-electron chi connectivity index (χ1n) is 5.94. The van der Waals surface area contributed by atoms with Crippen LogP contribution in [0.3, 0.4) is 0 Å². The van der Waals surface area contributed by atoms with Crippen molar-refractivity contribution in [1.29, 1.82) is 0 Å². The number of aliphatic hydroxyl groups is 1. The van der Waals surface area contributed by atoms with Gasteiger partial charge in [-0.2, -0.15) is 0 Å². The van der Waals surface area contributed by atoms with E-state index in [4.69, 9.17) is 5.73 Å². The second-order valence-corrected chi connectivity index (χ2v) is 5.66. The summed E-state index contributed by atoms with van der Waals surface area (Å²) in [7, 11) is 1.75. The second-order valence-electron chi connectivity index (χ2n) is 5.66. The molecule has 4 heteroatoms. The number of nitrogens with zero attached hydrogens (tertiary/aromatic N) is 1. The van der Waals surface area contributed by atoms with Crippen LogP contribution in [0.4, 0.5) is 0 Å². The molecule has 0 aromatic rings. The Kier molecular flexibility index (Phi) is 3.97. The minimum Gasteiger partial charge on any atom is -0.394 e. The van der Waals surface area contributed by atoms with Crippen molar-refractivity contribution in [3.63, 3.8) is 0 Å². The molecule has 94 valence electrons. The van der Waals surface area contributed by atoms with Crippen LogP contribution in [0.25, 0.3) is 0 Å². The number of carbonyl (C=O) groups excluding carboxylic acids is 1. The van der Waals surface area contributed by atoms with Gasteiger partial charge in [0.15, 0.2) is 0 Å². The van der Waals surface area contributed by atoms with Crippen LogP contribution in [0.15, 0.2) is 0 Å². The van der Waals surface area contributed by atoms with Crippen LogP contribution in [-0.2, 0) is 4.79 Å². The molecule has 0 unspecified atom stereocenters. The maximum Gasteiger partial charge on any atom is 0.223 e. The summed E-state index contributed by atoms with van der Waals surface area (Å²) in [6.45, 7) is 4.29. The first-order valence-corrected chi connectivity index (χ1v) is 5.94. The van der Waals surface area contributed by atoms with Crippen LogP contribution in [0.2, 0.25) is 0 Å². The average Bonchev–Trinajstić information content (AvgIpc) is 2.22. The molecule has 1 fully saturated rings. The molecule has 0 radical (unpaired) electrons. The van der Waals surface area contributed by atoms with E-state index < -0.39 is 5.54 Å². The normalized spacial score (nSPS) is 19.1. The smallest absolute Gasteiger partial charge is 0.223 e. The van der Waals surface area contributed by atoms with Gasteiger partial charge >= 0.3 is 0 Å². The molecule has 16 heavy (non-hydrogen) atoms. The van der Waals surface area contributed by atoms with E-state index in [1.54, 1.807) is 11.9 Å². The highest BCUT2D eigenvalue weighted by Crippen LogP contribution is 2.43. The zero-order valence-electron chi connectivity index (χ0n) is 10.6. The van der Waals surface area contributed by atoms with Gasteiger partial charge in [0.25, 0.3) is 0 Å². The van der Waals surface area contributed by atoms with Gasteiger partial charge in [0.05, 0.1) is 12.1 Å². The molecule has 1 amide bonds. The summed E-state index contributed by atoms with van der Waals surface area (Å²) in [5.74, 6) is 0.0872. The van der Waals surface area contributed by atoms with E-state index in [9.17, 15) is 9.90 Å². The van der Waals surface area contributed by atoms with Crippen LogP contribution in [0, 0.1) is 5.41 Å². The third kappa shape index (κ3) is 2.55. The lowest BCUT2D eigenvalue weighted by molar-refractivity contribution is -0.140. The highest BCUT2D eigenvalue weighted by molar-refractivity contribution is 5.77. The van der Waals surface area contributed by atoms with Gasteiger partial charge in [-0.15, -0.1) is 0 Å². The summed E-state index contributed by atoms with van der Waals surface area (Å²) in [4.78, 5) is 13.7. The predicted molar refractivity (Wildman–Crippen MR) is 63.9 cm³/mol. The van der Waals surface area contributed by atoms with Crippen LogP contribution in [-0.4, -0.2) is 41.7 Å². The molecular formula is C12H24N2O2. The molecule has 1 saturated carbocycles. The Labute approximate surface area is 97.8 Å². The maximum absolute atomic E-state index is 12.1. The van der Waals surface area contributed by atoms with Gasteiger partial charge in [0, 0.05) is 13.5 Å². The van der Waals surface area contributed by atoms with Crippen molar-refractivity contribution < 1.29 is 9.90 Å². The Morgan fingerprint density at radius 1 is 1.50 bits per heavy atom. The first-order chi connectivity index (χ1) is 7.37. The molecule has 1 aliphatic carbocycles. The number of rotatable bonds is 5. The van der Waals surface area contributed by atoms with Crippen molar-refractivity contribution in [3.8, 4) is 0 Å². The number of likely N-dealkylation sites (N-methyl/N-ethyl adjacent to an activating group) is 1. The van der Waals surface area contributed by atoms with Gasteiger partial charge in [-0.25, -0.2) is 0 Å². The second kappa shape index (κ2) is 4.72. The topological polar surface area (TPSA) is 66.6 Å². The molecular weight excluding hydrogens is 204 g/mol. The van der Waals surface area contributed by atoms with E-state index in [1.165, 1.54) is 6.42 Å². The molecule has 1 rings (SSSR count). The Hall–Kier alpha value is -0.610. The minimum atomic E-state index is -0.489. The molecule has 3 N–H and O–H groups in total. The van der Waals surface area contributed by atoms with Crippen molar-refractivity contribution in [1.82, 2.24) is 4.90 Å². The standard InChI is InChI=1S/C12H24N2O2/c1-11(2,9-15)14(3)10(16)7-12(8-13)5-4-6-12/h15H,4-9,13H2,1-3H3. The Balaban J connectivity index is 2.58. The lowest BCUT2D eigenvalue weighted by Gasteiger charge is -2.43. The summed E-state index contributed by atoms with van der Waals surface area (Å²) < 4.78 is 0. The minimum absolute atomic E-state index is 0.0230. The largest absolute Gasteiger partial charge is 0.394 e. The third-order valence-electron chi connectivity index (χ3n) is 4.04. The molecule has 0 aromatic heterocycles. The van der Waals surface area contributed by atoms with Gasteiger partial charge in [-0.05, 0) is 38.6 Å². The zero-order chi connectivity index (χ0) is 12.4. The summed E-state index contributed by atoms with van der Waals surface area (Å²) >= 11 is 0. The molecule has 4 nitrogen and oxygen atoms in total. The van der Waals surface area contributed by atoms with Crippen LogP contribution in [0.1, 0.15) is 39.5 Å². The predicted octanol–water partition coefficient (Wildman–Crippen LogP) is 0.735. The molecule has 0 aromatic carbocycles. The highest BCUT2D eigenvalue weighted by atomic mass is 16.3. The van der Waals surface area contributed by atoms with E-state index in [1.807, 2.05) is 13.8 Å². The number of hydrogen-bond donors (Lipinski definition) is 2. The van der Waals surface area contributed by atoms with Gasteiger partial charge in [-0.1, -0.05) is 6.42 Å². The zero-order valence-corrected chi connectivity index (χ0v) is 10.6. The maximum atomic E-state index is 12.1. The van der Waals surface area contributed by atoms with E-state index >= 15 is 0 Å². The molecule has 0 atom stereocenters. The summed E-state index contributed by atoms with van der Waals surface area (Å²) in [6.07, 6.45) is 3.81. The molecule has 0 heterocycles. The molecule has 0 aliphatic heterocycles. The van der Waals surface area contributed by atoms with Crippen molar-refractivity contribution >= 4 is 5.91 Å². The lowest BCUT2D eigenvalue weighted by Crippen LogP contribution is -2.50. The lowest BCUT2D eigenvalue weighted by atomic mass is 9.66. The van der Waals surface area contributed by atoms with E-state index in [0.717, 1.165) is 12.8 Å². The summed E-state index contributed by atoms with van der Waals surface area (Å²) in [5.41, 5.74) is 5.29. The Morgan fingerprint density at radius 3 is 2.38 bits per heavy atom.